The van der Waals surface area contributed by atoms with Crippen LogP contribution in [0, 0.1) is 11.6 Å². The number of piperazine rings is 1. The Hall–Kier alpha value is -3.30. The molecule has 158 valence electrons. The summed E-state index contributed by atoms with van der Waals surface area (Å²) in [5.74, 6) is -1.99. The van der Waals surface area contributed by atoms with Gasteiger partial charge in [-0.25, -0.2) is 13.5 Å². The van der Waals surface area contributed by atoms with Gasteiger partial charge in [0.15, 0.2) is 17.3 Å². The van der Waals surface area contributed by atoms with Gasteiger partial charge in [0.25, 0.3) is 11.5 Å². The fourth-order valence-corrected chi connectivity index (χ4v) is 3.48. The third-order valence-electron chi connectivity index (χ3n) is 5.09. The van der Waals surface area contributed by atoms with Gasteiger partial charge in [0.05, 0.1) is 11.7 Å². The number of fused-ring (bicyclic) bond motifs is 1. The van der Waals surface area contributed by atoms with E-state index in [0.717, 1.165) is 12.1 Å². The number of hydrogen-bond acceptors (Lipinski definition) is 5. The minimum Gasteiger partial charge on any atom is -0.339 e. The summed E-state index contributed by atoms with van der Waals surface area (Å²) >= 11 is 0. The normalized spacial score (nSPS) is 15.1. The lowest BCUT2D eigenvalue weighted by molar-refractivity contribution is 0.0745. The molecule has 0 saturated carbocycles. The molecule has 1 aliphatic heterocycles. The van der Waals surface area contributed by atoms with Gasteiger partial charge in [-0.05, 0) is 39.0 Å². The van der Waals surface area contributed by atoms with Gasteiger partial charge in [0.2, 0.25) is 5.95 Å². The Morgan fingerprint density at radius 3 is 2.43 bits per heavy atom. The second-order valence-electron chi connectivity index (χ2n) is 8.26. The molecule has 0 unspecified atom stereocenters. The van der Waals surface area contributed by atoms with Crippen LogP contribution in [0.15, 0.2) is 29.2 Å². The largest absolute Gasteiger partial charge is 0.339 e. The van der Waals surface area contributed by atoms with Crippen molar-refractivity contribution in [1.82, 2.24) is 24.6 Å². The number of nitrogens with zero attached hydrogens (tertiary/aromatic N) is 5. The second kappa shape index (κ2) is 7.19. The topological polar surface area (TPSA) is 87.1 Å². The third kappa shape index (κ3) is 3.53. The molecule has 8 nitrogen and oxygen atoms in total. The van der Waals surface area contributed by atoms with Gasteiger partial charge < -0.3 is 9.80 Å². The number of carbonyl (C=O) groups excluding carboxylic acids is 1. The first kappa shape index (κ1) is 20.0. The molecule has 0 atom stereocenters. The predicted octanol–water partition coefficient (Wildman–Crippen LogP) is 2.12. The molecule has 1 aliphatic rings. The molecule has 0 aliphatic carbocycles. The van der Waals surface area contributed by atoms with Gasteiger partial charge in [-0.2, -0.15) is 10.1 Å². The molecular formula is C20H22F2N6O2. The van der Waals surface area contributed by atoms with Gasteiger partial charge in [0, 0.05) is 31.7 Å². The number of nitrogens with one attached hydrogen (secondary N) is 1. The summed E-state index contributed by atoms with van der Waals surface area (Å²) in [4.78, 5) is 35.9. The molecule has 3 heterocycles. The maximum atomic E-state index is 13.4. The molecule has 1 aromatic carbocycles. The number of carbonyl (C=O) groups is 1. The molecule has 3 aromatic rings. The number of amides is 1. The fraction of sp³-hybridized carbons (Fsp3) is 0.400. The number of halogens is 2. The summed E-state index contributed by atoms with van der Waals surface area (Å²) in [6.07, 6.45) is 1.51. The highest BCUT2D eigenvalue weighted by molar-refractivity contribution is 5.94. The molecule has 0 radical (unpaired) electrons. The van der Waals surface area contributed by atoms with E-state index < -0.39 is 11.6 Å². The summed E-state index contributed by atoms with van der Waals surface area (Å²) in [6.45, 7) is 7.53. The molecule has 0 spiro atoms. The number of anilines is 1. The summed E-state index contributed by atoms with van der Waals surface area (Å²) in [6, 6.07) is 3.12. The van der Waals surface area contributed by atoms with Gasteiger partial charge in [-0.1, -0.05) is 0 Å². The van der Waals surface area contributed by atoms with Crippen LogP contribution in [0.25, 0.3) is 11.0 Å². The van der Waals surface area contributed by atoms with Crippen molar-refractivity contribution in [2.75, 3.05) is 31.1 Å². The molecular weight excluding hydrogens is 394 g/mol. The second-order valence-corrected chi connectivity index (χ2v) is 8.26. The van der Waals surface area contributed by atoms with E-state index in [4.69, 9.17) is 0 Å². The molecule has 1 saturated heterocycles. The maximum absolute atomic E-state index is 13.4. The smallest absolute Gasteiger partial charge is 0.263 e. The number of benzene rings is 1. The lowest BCUT2D eigenvalue weighted by atomic mass is 10.1. The first-order valence-electron chi connectivity index (χ1n) is 9.63. The average Bonchev–Trinajstić information content (AvgIpc) is 3.15. The highest BCUT2D eigenvalue weighted by Gasteiger charge is 2.26. The molecule has 4 rings (SSSR count). The maximum Gasteiger partial charge on any atom is 0.263 e. The van der Waals surface area contributed by atoms with E-state index in [-0.39, 0.29) is 22.6 Å². The quantitative estimate of drug-likeness (QED) is 0.692. The number of hydrogen-bond donors (Lipinski definition) is 1. The molecule has 1 N–H and O–H groups in total. The minimum atomic E-state index is -1.05. The number of H-pyrrole nitrogens is 1. The average molecular weight is 416 g/mol. The zero-order valence-electron chi connectivity index (χ0n) is 16.9. The van der Waals surface area contributed by atoms with E-state index >= 15 is 0 Å². The Bertz CT molecular complexity index is 1170. The Kier molecular flexibility index (Phi) is 4.79. The van der Waals surface area contributed by atoms with Crippen LogP contribution in [0.4, 0.5) is 14.7 Å². The van der Waals surface area contributed by atoms with Crippen LogP contribution in [-0.4, -0.2) is 56.7 Å². The number of aromatic nitrogens is 4. The van der Waals surface area contributed by atoms with Crippen molar-refractivity contribution in [3.05, 3.63) is 51.9 Å². The SMILES string of the molecule is CC(C)(C)n1ncc2c(=O)[nH]c(N3CCN(C(=O)c4ccc(F)c(F)c4)CC3)nc21. The predicted molar refractivity (Wildman–Crippen MR) is 108 cm³/mol. The van der Waals surface area contributed by atoms with Crippen LogP contribution < -0.4 is 10.5 Å². The highest BCUT2D eigenvalue weighted by atomic mass is 19.2. The Morgan fingerprint density at radius 1 is 1.10 bits per heavy atom. The van der Waals surface area contributed by atoms with E-state index in [0.29, 0.717) is 43.2 Å². The third-order valence-corrected chi connectivity index (χ3v) is 5.09. The summed E-state index contributed by atoms with van der Waals surface area (Å²) in [7, 11) is 0. The van der Waals surface area contributed by atoms with Crippen LogP contribution in [-0.2, 0) is 5.54 Å². The van der Waals surface area contributed by atoms with Crippen molar-refractivity contribution in [1.29, 1.82) is 0 Å². The van der Waals surface area contributed by atoms with Crippen molar-refractivity contribution < 1.29 is 13.6 Å². The highest BCUT2D eigenvalue weighted by Crippen LogP contribution is 2.20. The summed E-state index contributed by atoms with van der Waals surface area (Å²) in [5.41, 5.74) is -0.00764. The van der Waals surface area contributed by atoms with Crippen molar-refractivity contribution >= 4 is 22.9 Å². The van der Waals surface area contributed by atoms with E-state index in [9.17, 15) is 18.4 Å². The van der Waals surface area contributed by atoms with Gasteiger partial charge in [-0.3, -0.25) is 14.6 Å². The van der Waals surface area contributed by atoms with Crippen molar-refractivity contribution in [2.24, 2.45) is 0 Å². The van der Waals surface area contributed by atoms with E-state index in [2.05, 4.69) is 15.1 Å². The van der Waals surface area contributed by atoms with Crippen LogP contribution in [0.3, 0.4) is 0 Å². The lowest BCUT2D eigenvalue weighted by Gasteiger charge is -2.35. The molecule has 10 heteroatoms. The Morgan fingerprint density at radius 2 is 1.80 bits per heavy atom. The minimum absolute atomic E-state index is 0.101. The van der Waals surface area contributed by atoms with Crippen LogP contribution in [0.5, 0.6) is 0 Å². The van der Waals surface area contributed by atoms with Crippen molar-refractivity contribution in [3.8, 4) is 0 Å². The van der Waals surface area contributed by atoms with Crippen molar-refractivity contribution in [2.45, 2.75) is 26.3 Å². The fourth-order valence-electron chi connectivity index (χ4n) is 3.48. The standard InChI is InChI=1S/C20H22F2N6O2/c1-20(2,3)28-16-13(11-23-28)17(29)25-19(24-16)27-8-6-26(7-9-27)18(30)12-4-5-14(21)15(22)10-12/h4-5,10-11H,6-9H2,1-3H3,(H,24,25,29). The van der Waals surface area contributed by atoms with Crippen LogP contribution in [0.2, 0.25) is 0 Å². The van der Waals surface area contributed by atoms with E-state index in [1.54, 1.807) is 9.58 Å². The number of rotatable bonds is 2. The van der Waals surface area contributed by atoms with E-state index in [1.165, 1.54) is 12.3 Å². The Balaban J connectivity index is 1.54. The van der Waals surface area contributed by atoms with E-state index in [1.807, 2.05) is 25.7 Å². The Labute approximate surface area is 171 Å². The van der Waals surface area contributed by atoms with Gasteiger partial charge >= 0.3 is 0 Å². The molecule has 0 bridgehead atoms. The first-order chi connectivity index (χ1) is 14.1. The lowest BCUT2D eigenvalue weighted by Crippen LogP contribution is -2.49. The van der Waals surface area contributed by atoms with Gasteiger partial charge in [0.1, 0.15) is 5.39 Å². The van der Waals surface area contributed by atoms with Crippen molar-refractivity contribution in [3.63, 3.8) is 0 Å². The van der Waals surface area contributed by atoms with Crippen LogP contribution >= 0.6 is 0 Å². The zero-order chi connectivity index (χ0) is 21.6. The molecule has 1 fully saturated rings. The molecule has 2 aromatic heterocycles. The molecule has 1 amide bonds. The molecule has 30 heavy (non-hydrogen) atoms. The summed E-state index contributed by atoms with van der Waals surface area (Å²) in [5, 5.41) is 4.72. The zero-order valence-corrected chi connectivity index (χ0v) is 16.9. The van der Waals surface area contributed by atoms with Crippen LogP contribution in [0.1, 0.15) is 31.1 Å². The monoisotopic (exact) mass is 416 g/mol. The summed E-state index contributed by atoms with van der Waals surface area (Å²) < 4.78 is 28.3. The van der Waals surface area contributed by atoms with Gasteiger partial charge in [-0.15, -0.1) is 0 Å². The first-order valence-corrected chi connectivity index (χ1v) is 9.63. The number of aromatic amines is 1.